The first-order valence-electron chi connectivity index (χ1n) is 11.2. The van der Waals surface area contributed by atoms with Crippen molar-refractivity contribution in [2.45, 2.75) is 52.4 Å². The molecule has 9 heteroatoms. The zero-order chi connectivity index (χ0) is 22.4. The largest absolute Gasteiger partial charge is 0.353 e. The van der Waals surface area contributed by atoms with E-state index in [4.69, 9.17) is 17.3 Å². The molecule has 0 saturated carbocycles. The summed E-state index contributed by atoms with van der Waals surface area (Å²) >= 11 is 5.84. The van der Waals surface area contributed by atoms with Gasteiger partial charge < -0.3 is 9.47 Å². The lowest BCUT2D eigenvalue weighted by Crippen LogP contribution is -2.47. The van der Waals surface area contributed by atoms with E-state index in [-0.39, 0.29) is 6.04 Å². The minimum absolute atomic E-state index is 0.255. The van der Waals surface area contributed by atoms with Crippen LogP contribution in [0.3, 0.4) is 0 Å². The summed E-state index contributed by atoms with van der Waals surface area (Å²) in [6.45, 7) is 9.43. The summed E-state index contributed by atoms with van der Waals surface area (Å²) in [5, 5.41) is 14.3. The van der Waals surface area contributed by atoms with Gasteiger partial charge in [-0.05, 0) is 51.3 Å². The van der Waals surface area contributed by atoms with Crippen LogP contribution >= 0.6 is 12.2 Å². The smallest absolute Gasteiger partial charge is 0.199 e. The van der Waals surface area contributed by atoms with Crippen molar-refractivity contribution in [1.29, 1.82) is 5.26 Å². The van der Waals surface area contributed by atoms with Gasteiger partial charge >= 0.3 is 0 Å². The Hall–Kier alpha value is -2.28. The molecular formula is C22H34N8S. The van der Waals surface area contributed by atoms with Crippen LogP contribution in [-0.2, 0) is 13.2 Å². The van der Waals surface area contributed by atoms with E-state index < -0.39 is 0 Å². The fourth-order valence-corrected chi connectivity index (χ4v) is 4.41. The van der Waals surface area contributed by atoms with Gasteiger partial charge in [0.25, 0.3) is 0 Å². The molecule has 0 radical (unpaired) electrons. The highest BCUT2D eigenvalue weighted by atomic mass is 32.1. The second-order valence-electron chi connectivity index (χ2n) is 8.27. The van der Waals surface area contributed by atoms with Gasteiger partial charge in [0.05, 0.1) is 18.3 Å². The molecule has 0 bridgehead atoms. The molecule has 1 unspecified atom stereocenters. The van der Waals surface area contributed by atoms with E-state index in [0.717, 1.165) is 68.4 Å². The predicted molar refractivity (Wildman–Crippen MR) is 125 cm³/mol. The average Bonchev–Trinajstić information content (AvgIpc) is 3.07. The number of hydrogen-bond acceptors (Lipinski definition) is 7. The summed E-state index contributed by atoms with van der Waals surface area (Å²) in [4.78, 5) is 11.2. The lowest BCUT2D eigenvalue weighted by atomic mass is 10.2. The molecule has 1 atom stereocenters. The molecule has 2 aromatic heterocycles. The third-order valence-electron chi connectivity index (χ3n) is 5.91. The number of rotatable bonds is 9. The molecule has 8 nitrogen and oxygen atoms in total. The third kappa shape index (κ3) is 5.32. The molecule has 1 fully saturated rings. The van der Waals surface area contributed by atoms with Crippen LogP contribution < -0.4 is 4.90 Å². The van der Waals surface area contributed by atoms with Gasteiger partial charge in [-0.2, -0.15) is 10.4 Å². The Bertz CT molecular complexity index is 949. The Morgan fingerprint density at radius 1 is 1.23 bits per heavy atom. The van der Waals surface area contributed by atoms with Crippen LogP contribution in [0.15, 0.2) is 18.3 Å². The van der Waals surface area contributed by atoms with Crippen molar-refractivity contribution < 1.29 is 0 Å². The molecule has 168 valence electrons. The summed E-state index contributed by atoms with van der Waals surface area (Å²) < 4.78 is 5.03. The zero-order valence-electron chi connectivity index (χ0n) is 19.2. The van der Waals surface area contributed by atoms with Gasteiger partial charge in [-0.3, -0.25) is 9.80 Å². The van der Waals surface area contributed by atoms with E-state index in [0.29, 0.717) is 12.2 Å². The molecule has 0 amide bonds. The van der Waals surface area contributed by atoms with Crippen LogP contribution in [0.2, 0.25) is 0 Å². The van der Waals surface area contributed by atoms with Crippen LogP contribution in [0.1, 0.15) is 50.5 Å². The highest BCUT2D eigenvalue weighted by Crippen LogP contribution is 2.22. The molecule has 3 rings (SSSR count). The van der Waals surface area contributed by atoms with Crippen molar-refractivity contribution in [1.82, 2.24) is 29.1 Å². The number of hydrogen-bond donors (Lipinski definition) is 0. The Balaban J connectivity index is 1.74. The normalized spacial score (nSPS) is 15.9. The lowest BCUT2D eigenvalue weighted by molar-refractivity contribution is 0.192. The summed E-state index contributed by atoms with van der Waals surface area (Å²) in [5.74, 6) is 1.85. The second-order valence-corrected chi connectivity index (χ2v) is 8.63. The van der Waals surface area contributed by atoms with Gasteiger partial charge in [-0.1, -0.05) is 20.3 Å². The standard InChI is InChI=1S/C22H34N8S/c1-5-7-11-29-21(19(6-2)26(3)4)25-30(22(29)31)17-27-12-14-28(15-13-27)20-18(16-23)9-8-10-24-20/h8-10,19H,5-7,11-15,17H2,1-4H3. The van der Waals surface area contributed by atoms with Gasteiger partial charge in [-0.15, -0.1) is 0 Å². The molecule has 0 aromatic carbocycles. The minimum atomic E-state index is 0.255. The monoisotopic (exact) mass is 442 g/mol. The Morgan fingerprint density at radius 3 is 2.58 bits per heavy atom. The van der Waals surface area contributed by atoms with E-state index in [9.17, 15) is 5.26 Å². The van der Waals surface area contributed by atoms with Crippen molar-refractivity contribution in [3.05, 3.63) is 34.5 Å². The Morgan fingerprint density at radius 2 is 1.97 bits per heavy atom. The number of nitriles is 1. The van der Waals surface area contributed by atoms with Crippen LogP contribution in [-0.4, -0.2) is 69.4 Å². The topological polar surface area (TPSA) is 69.2 Å². The summed E-state index contributed by atoms with van der Waals surface area (Å²) in [6, 6.07) is 6.14. The summed E-state index contributed by atoms with van der Waals surface area (Å²) in [5.41, 5.74) is 0.631. The highest BCUT2D eigenvalue weighted by Gasteiger charge is 2.24. The van der Waals surface area contributed by atoms with Crippen molar-refractivity contribution in [3.8, 4) is 6.07 Å². The first-order valence-corrected chi connectivity index (χ1v) is 11.6. The third-order valence-corrected chi connectivity index (χ3v) is 6.34. The molecule has 0 aliphatic carbocycles. The fraction of sp³-hybridized carbons (Fsp3) is 0.636. The van der Waals surface area contributed by atoms with E-state index in [2.05, 4.69) is 58.3 Å². The van der Waals surface area contributed by atoms with Crippen LogP contribution in [0.25, 0.3) is 0 Å². The quantitative estimate of drug-likeness (QED) is 0.552. The number of nitrogens with zero attached hydrogens (tertiary/aromatic N) is 8. The maximum Gasteiger partial charge on any atom is 0.199 e. The number of pyridine rings is 1. The maximum atomic E-state index is 9.36. The van der Waals surface area contributed by atoms with Crippen molar-refractivity contribution in [3.63, 3.8) is 0 Å². The highest BCUT2D eigenvalue weighted by molar-refractivity contribution is 7.71. The van der Waals surface area contributed by atoms with E-state index in [1.54, 1.807) is 6.20 Å². The van der Waals surface area contributed by atoms with Crippen molar-refractivity contribution in [2.24, 2.45) is 0 Å². The van der Waals surface area contributed by atoms with E-state index >= 15 is 0 Å². The molecule has 0 spiro atoms. The summed E-state index contributed by atoms with van der Waals surface area (Å²) in [7, 11) is 4.21. The van der Waals surface area contributed by atoms with Gasteiger partial charge in [0.1, 0.15) is 17.7 Å². The zero-order valence-corrected chi connectivity index (χ0v) is 20.0. The van der Waals surface area contributed by atoms with E-state index in [1.807, 2.05) is 16.8 Å². The molecule has 1 aliphatic heterocycles. The number of piperazine rings is 1. The van der Waals surface area contributed by atoms with Crippen LogP contribution in [0.4, 0.5) is 5.82 Å². The van der Waals surface area contributed by atoms with Gasteiger partial charge in [-0.25, -0.2) is 9.67 Å². The Kier molecular flexibility index (Phi) is 8.18. The molecule has 1 saturated heterocycles. The van der Waals surface area contributed by atoms with Gasteiger partial charge in [0, 0.05) is 38.9 Å². The second kappa shape index (κ2) is 10.8. The Labute approximate surface area is 190 Å². The van der Waals surface area contributed by atoms with Crippen molar-refractivity contribution in [2.75, 3.05) is 45.2 Å². The predicted octanol–water partition coefficient (Wildman–Crippen LogP) is 3.27. The SMILES string of the molecule is CCCCn1c(C(CC)N(C)C)nn(CN2CCN(c3ncccc3C#N)CC2)c1=S. The van der Waals surface area contributed by atoms with Gasteiger partial charge in [0.15, 0.2) is 4.77 Å². The minimum Gasteiger partial charge on any atom is -0.353 e. The summed E-state index contributed by atoms with van der Waals surface area (Å²) in [6.07, 6.45) is 4.97. The first-order chi connectivity index (χ1) is 15.0. The molecule has 1 aliphatic rings. The van der Waals surface area contributed by atoms with Gasteiger partial charge in [0.2, 0.25) is 0 Å². The molecule has 31 heavy (non-hydrogen) atoms. The molecule has 0 N–H and O–H groups in total. The van der Waals surface area contributed by atoms with Crippen LogP contribution in [0, 0.1) is 16.1 Å². The lowest BCUT2D eigenvalue weighted by Gasteiger charge is -2.35. The first kappa shape index (κ1) is 23.4. The average molecular weight is 443 g/mol. The maximum absolute atomic E-state index is 9.36. The number of aromatic nitrogens is 4. The van der Waals surface area contributed by atoms with E-state index in [1.165, 1.54) is 0 Å². The molecule has 3 heterocycles. The van der Waals surface area contributed by atoms with Crippen molar-refractivity contribution >= 4 is 18.0 Å². The molecule has 2 aromatic rings. The number of anilines is 1. The van der Waals surface area contributed by atoms with Crippen LogP contribution in [0.5, 0.6) is 0 Å². The fourth-order valence-electron chi connectivity index (χ4n) is 4.13. The number of unbranched alkanes of at least 4 members (excludes halogenated alkanes) is 1. The molecular weight excluding hydrogens is 408 g/mol.